The van der Waals surface area contributed by atoms with Gasteiger partial charge in [-0.05, 0) is 18.6 Å². The largest absolute Gasteiger partial charge is 0.489 e. The first-order valence-electron chi connectivity index (χ1n) is 15.5. The highest BCUT2D eigenvalue weighted by molar-refractivity contribution is 5.69. The van der Waals surface area contributed by atoms with Crippen molar-refractivity contribution in [1.82, 2.24) is 0 Å². The van der Waals surface area contributed by atoms with Gasteiger partial charge in [0.25, 0.3) is 0 Å². The summed E-state index contributed by atoms with van der Waals surface area (Å²) >= 11 is 0. The van der Waals surface area contributed by atoms with E-state index in [0.717, 1.165) is 25.7 Å². The molecule has 0 radical (unpaired) electrons. The van der Waals surface area contributed by atoms with Crippen molar-refractivity contribution in [1.29, 1.82) is 0 Å². The summed E-state index contributed by atoms with van der Waals surface area (Å²) in [6.45, 7) is 10.6. The summed E-state index contributed by atoms with van der Waals surface area (Å²) < 4.78 is 54.3. The number of ether oxygens (including phenoxy) is 10. The molecule has 0 unspecified atom stereocenters. The predicted octanol–water partition coefficient (Wildman–Crippen LogP) is 3.29. The highest BCUT2D eigenvalue weighted by atomic mass is 16.6. The maximum absolute atomic E-state index is 11.5. The third kappa shape index (κ3) is 27.3. The molecule has 0 atom stereocenters. The minimum Gasteiger partial charge on any atom is -0.489 e. The van der Waals surface area contributed by atoms with Crippen molar-refractivity contribution in [3.05, 3.63) is 24.3 Å². The Morgan fingerprint density at radius 2 is 0.930 bits per heavy atom. The van der Waals surface area contributed by atoms with Gasteiger partial charge in [-0.15, -0.1) is 0 Å². The Hall–Kier alpha value is -2.03. The van der Waals surface area contributed by atoms with E-state index in [1.807, 2.05) is 18.2 Å². The first kappa shape index (κ1) is 39.0. The molecule has 1 aromatic rings. The molecule has 12 nitrogen and oxygen atoms in total. The molecule has 12 heteroatoms. The number of unbranched alkanes of at least 4 members (excludes halogenated alkanes) is 3. The average molecular weight is 618 g/mol. The van der Waals surface area contributed by atoms with Crippen LogP contribution in [0.3, 0.4) is 0 Å². The van der Waals surface area contributed by atoms with Crippen molar-refractivity contribution < 1.29 is 52.2 Å². The third-order valence-electron chi connectivity index (χ3n) is 5.73. The molecule has 0 aliphatic rings. The molecule has 250 valence electrons. The fourth-order valence-corrected chi connectivity index (χ4v) is 3.45. The summed E-state index contributed by atoms with van der Waals surface area (Å²) in [7, 11) is 0. The minimum absolute atomic E-state index is 0.152. The predicted molar refractivity (Wildman–Crippen MR) is 163 cm³/mol. The number of hydrogen-bond donors (Lipinski definition) is 1. The molecular formula is C31H55NO11. The molecular weight excluding hydrogens is 562 g/mol. The zero-order valence-corrected chi connectivity index (χ0v) is 26.1. The van der Waals surface area contributed by atoms with E-state index >= 15 is 0 Å². The number of nitrogen functional groups attached to an aromatic ring is 1. The third-order valence-corrected chi connectivity index (χ3v) is 5.73. The highest BCUT2D eigenvalue weighted by Crippen LogP contribution is 2.19. The Bertz CT molecular complexity index is 741. The van der Waals surface area contributed by atoms with Crippen molar-refractivity contribution in [3.8, 4) is 5.75 Å². The molecule has 0 aliphatic carbocycles. The van der Waals surface area contributed by atoms with Gasteiger partial charge in [-0.2, -0.15) is 0 Å². The maximum Gasteiger partial charge on any atom is 0.305 e. The van der Waals surface area contributed by atoms with Crippen molar-refractivity contribution in [3.63, 3.8) is 0 Å². The Morgan fingerprint density at radius 1 is 0.535 bits per heavy atom. The van der Waals surface area contributed by atoms with Crippen LogP contribution in [0.5, 0.6) is 5.75 Å². The van der Waals surface area contributed by atoms with Gasteiger partial charge in [-0.1, -0.05) is 38.3 Å². The minimum atomic E-state index is -0.152. The summed E-state index contributed by atoms with van der Waals surface area (Å²) in [5, 5.41) is 0. The number of rotatable bonds is 33. The van der Waals surface area contributed by atoms with E-state index in [2.05, 4.69) is 6.92 Å². The summed E-state index contributed by atoms with van der Waals surface area (Å²) in [6.07, 6.45) is 4.76. The second-order valence-electron chi connectivity index (χ2n) is 9.32. The first-order chi connectivity index (χ1) is 21.2. The van der Waals surface area contributed by atoms with Crippen LogP contribution in [0.25, 0.3) is 0 Å². The average Bonchev–Trinajstić information content (AvgIpc) is 3.01. The molecule has 1 rings (SSSR count). The normalized spacial score (nSPS) is 11.2. The van der Waals surface area contributed by atoms with Gasteiger partial charge in [0, 0.05) is 6.42 Å². The second-order valence-corrected chi connectivity index (χ2v) is 9.32. The first-order valence-corrected chi connectivity index (χ1v) is 15.5. The molecule has 0 fully saturated rings. The van der Waals surface area contributed by atoms with Crippen LogP contribution in [0.1, 0.15) is 39.0 Å². The summed E-state index contributed by atoms with van der Waals surface area (Å²) in [4.78, 5) is 11.5. The summed E-state index contributed by atoms with van der Waals surface area (Å²) in [5.74, 6) is 0.515. The van der Waals surface area contributed by atoms with Crippen molar-refractivity contribution in [2.75, 3.05) is 125 Å². The van der Waals surface area contributed by atoms with Gasteiger partial charge >= 0.3 is 5.97 Å². The van der Waals surface area contributed by atoms with Crippen LogP contribution in [-0.4, -0.2) is 125 Å². The maximum atomic E-state index is 11.5. The van der Waals surface area contributed by atoms with Crippen LogP contribution in [0.2, 0.25) is 0 Å². The number of para-hydroxylation sites is 2. The number of carbonyl (C=O) groups is 1. The van der Waals surface area contributed by atoms with Gasteiger partial charge in [0.2, 0.25) is 0 Å². The van der Waals surface area contributed by atoms with E-state index < -0.39 is 0 Å². The number of carbonyl (C=O) groups excluding carboxylic acids is 1. The number of hydrogen-bond acceptors (Lipinski definition) is 12. The topological polar surface area (TPSA) is 135 Å². The Morgan fingerprint density at radius 3 is 1.35 bits per heavy atom. The van der Waals surface area contributed by atoms with E-state index in [4.69, 9.17) is 53.1 Å². The van der Waals surface area contributed by atoms with Crippen LogP contribution in [-0.2, 0) is 47.4 Å². The zero-order valence-electron chi connectivity index (χ0n) is 26.1. The van der Waals surface area contributed by atoms with Gasteiger partial charge in [0.05, 0.1) is 111 Å². The van der Waals surface area contributed by atoms with Gasteiger partial charge in [0.1, 0.15) is 19.0 Å². The van der Waals surface area contributed by atoms with Gasteiger partial charge in [-0.25, -0.2) is 0 Å². The van der Waals surface area contributed by atoms with E-state index in [9.17, 15) is 4.79 Å². The van der Waals surface area contributed by atoms with E-state index in [1.54, 1.807) is 6.07 Å². The van der Waals surface area contributed by atoms with E-state index in [1.165, 1.54) is 0 Å². The SMILES string of the molecule is CCCCCCC(=O)OCCOCCOCCOCCOCCOCCOCCOCCOCCOc1ccccc1N. The number of benzene rings is 1. The molecule has 0 saturated heterocycles. The Labute approximate surface area is 257 Å². The second kappa shape index (κ2) is 31.4. The lowest BCUT2D eigenvalue weighted by atomic mass is 10.2. The highest BCUT2D eigenvalue weighted by Gasteiger charge is 2.02. The van der Waals surface area contributed by atoms with Crippen LogP contribution in [0.4, 0.5) is 5.69 Å². The van der Waals surface area contributed by atoms with Crippen molar-refractivity contribution in [2.45, 2.75) is 39.0 Å². The molecule has 0 aromatic heterocycles. The lowest BCUT2D eigenvalue weighted by Crippen LogP contribution is -2.15. The Balaban J connectivity index is 1.66. The fraction of sp³-hybridized carbons (Fsp3) is 0.774. The molecule has 0 bridgehead atoms. The van der Waals surface area contributed by atoms with Crippen molar-refractivity contribution in [2.24, 2.45) is 0 Å². The number of anilines is 1. The zero-order chi connectivity index (χ0) is 30.9. The van der Waals surface area contributed by atoms with Crippen LogP contribution in [0, 0.1) is 0 Å². The quantitative estimate of drug-likeness (QED) is 0.0704. The summed E-state index contributed by atoms with van der Waals surface area (Å²) in [5.41, 5.74) is 6.43. The molecule has 0 aliphatic heterocycles. The monoisotopic (exact) mass is 617 g/mol. The summed E-state index contributed by atoms with van der Waals surface area (Å²) in [6, 6.07) is 7.37. The van der Waals surface area contributed by atoms with Gasteiger partial charge in [-0.3, -0.25) is 4.79 Å². The molecule has 0 spiro atoms. The molecule has 2 N–H and O–H groups in total. The Kier molecular flexibility index (Phi) is 28.5. The molecule has 0 amide bonds. The smallest absolute Gasteiger partial charge is 0.305 e. The van der Waals surface area contributed by atoms with Crippen LogP contribution < -0.4 is 10.5 Å². The van der Waals surface area contributed by atoms with E-state index in [0.29, 0.717) is 130 Å². The number of esters is 1. The number of nitrogens with two attached hydrogens (primary N) is 1. The van der Waals surface area contributed by atoms with Gasteiger partial charge in [0.15, 0.2) is 0 Å². The lowest BCUT2D eigenvalue weighted by molar-refractivity contribution is -0.145. The van der Waals surface area contributed by atoms with E-state index in [-0.39, 0.29) is 12.6 Å². The van der Waals surface area contributed by atoms with Crippen LogP contribution >= 0.6 is 0 Å². The lowest BCUT2D eigenvalue weighted by Gasteiger charge is -2.09. The molecule has 1 aromatic carbocycles. The van der Waals surface area contributed by atoms with Crippen LogP contribution in [0.15, 0.2) is 24.3 Å². The molecule has 0 heterocycles. The standard InChI is InChI=1S/C31H55NO11/c1-2-3-4-5-10-31(33)43-28-26-41-24-22-39-20-18-37-16-14-35-12-11-34-13-15-36-17-19-38-21-23-40-25-27-42-30-9-7-6-8-29(30)32/h6-9H,2-5,10-28,32H2,1H3. The molecule has 43 heavy (non-hydrogen) atoms. The fourth-order valence-electron chi connectivity index (χ4n) is 3.45. The molecule has 0 saturated carbocycles. The van der Waals surface area contributed by atoms with Gasteiger partial charge < -0.3 is 53.1 Å². The van der Waals surface area contributed by atoms with Crippen molar-refractivity contribution >= 4 is 11.7 Å².